The molecule has 0 amide bonds. The fraction of sp³-hybridized carbons (Fsp3) is 0. The molecule has 0 atom stereocenters. The molecular formula is C8H9N5O2S. The molecule has 2 aromatic rings. The first-order valence-electron chi connectivity index (χ1n) is 4.17. The molecule has 0 saturated heterocycles. The van der Waals surface area contributed by atoms with Gasteiger partial charge in [0.05, 0.1) is 0 Å². The van der Waals surface area contributed by atoms with E-state index in [1.165, 1.54) is 12.3 Å². The number of hydrogen-bond acceptors (Lipinski definition) is 5. The van der Waals surface area contributed by atoms with Crippen LogP contribution < -0.4 is 17.0 Å². The Bertz CT molecular complexity index is 589. The lowest BCUT2D eigenvalue weighted by Crippen LogP contribution is -2.19. The van der Waals surface area contributed by atoms with E-state index in [9.17, 15) is 9.59 Å². The highest BCUT2D eigenvalue weighted by Crippen LogP contribution is 1.89. The molecule has 0 unspecified atom stereocenters. The van der Waals surface area contributed by atoms with E-state index in [0.717, 1.165) is 0 Å². The highest BCUT2D eigenvalue weighted by Gasteiger charge is 1.78. The predicted octanol–water partition coefficient (Wildman–Crippen LogP) is -0.215. The fourth-order valence-corrected chi connectivity index (χ4v) is 0.944. The van der Waals surface area contributed by atoms with Crippen molar-refractivity contribution in [3.8, 4) is 0 Å². The zero-order valence-electron chi connectivity index (χ0n) is 8.06. The number of nitrogen functional groups attached to an aromatic ring is 1. The highest BCUT2D eigenvalue weighted by atomic mass is 32.1. The largest absolute Gasteiger partial charge is 0.385 e. The van der Waals surface area contributed by atoms with Crippen molar-refractivity contribution in [3.63, 3.8) is 0 Å². The van der Waals surface area contributed by atoms with Gasteiger partial charge >= 0.3 is 5.69 Å². The normalized spacial score (nSPS) is 9.00. The Morgan fingerprint density at radius 1 is 1.25 bits per heavy atom. The van der Waals surface area contributed by atoms with Gasteiger partial charge in [-0.15, -0.1) is 0 Å². The zero-order chi connectivity index (χ0) is 12.0. The van der Waals surface area contributed by atoms with Gasteiger partial charge in [0.2, 0.25) is 0 Å². The van der Waals surface area contributed by atoms with Gasteiger partial charge in [0.1, 0.15) is 5.82 Å². The van der Waals surface area contributed by atoms with Crippen molar-refractivity contribution in [1.82, 2.24) is 19.9 Å². The third-order valence-corrected chi connectivity index (χ3v) is 1.59. The van der Waals surface area contributed by atoms with Gasteiger partial charge in [-0.05, 0) is 18.3 Å². The first-order chi connectivity index (χ1) is 7.58. The van der Waals surface area contributed by atoms with Crippen LogP contribution in [0.4, 0.5) is 5.82 Å². The number of H-pyrrole nitrogens is 3. The van der Waals surface area contributed by atoms with Gasteiger partial charge < -0.3 is 15.7 Å². The van der Waals surface area contributed by atoms with Crippen LogP contribution in [-0.2, 0) is 0 Å². The Morgan fingerprint density at radius 3 is 2.38 bits per heavy atom. The standard InChI is InChI=1S/C4H5N3S.C4H4N2O2/c5-3-1-2-6-4(8)7-3;7-3-1-2-5-4(8)6-3/h1-2H,(H3,5,6,7,8);1-2H,(H2,5,6,7,8). The van der Waals surface area contributed by atoms with Crippen LogP contribution in [0.1, 0.15) is 0 Å². The van der Waals surface area contributed by atoms with Gasteiger partial charge in [-0.1, -0.05) is 0 Å². The SMILES string of the molecule is Nc1ccnc(=S)[nH]1.O=c1cc[nH]c(=O)[nH]1. The molecule has 0 bridgehead atoms. The van der Waals surface area contributed by atoms with Crippen LogP contribution in [0.25, 0.3) is 0 Å². The van der Waals surface area contributed by atoms with Crippen LogP contribution in [0.3, 0.4) is 0 Å². The van der Waals surface area contributed by atoms with Crippen molar-refractivity contribution in [3.05, 3.63) is 50.1 Å². The molecule has 0 saturated carbocycles. The van der Waals surface area contributed by atoms with Crippen molar-refractivity contribution in [2.75, 3.05) is 5.73 Å². The number of nitrogens with two attached hydrogens (primary N) is 1. The van der Waals surface area contributed by atoms with E-state index in [0.29, 0.717) is 10.6 Å². The van der Waals surface area contributed by atoms with Crippen molar-refractivity contribution >= 4 is 18.0 Å². The quantitative estimate of drug-likeness (QED) is 0.474. The molecule has 5 N–H and O–H groups in total. The average molecular weight is 239 g/mol. The summed E-state index contributed by atoms with van der Waals surface area (Å²) in [5.41, 5.74) is 4.44. The second kappa shape index (κ2) is 5.61. The molecule has 0 spiro atoms. The van der Waals surface area contributed by atoms with Crippen LogP contribution >= 0.6 is 12.2 Å². The van der Waals surface area contributed by atoms with Gasteiger partial charge in [-0.25, -0.2) is 9.78 Å². The van der Waals surface area contributed by atoms with Gasteiger partial charge in [0.25, 0.3) is 5.56 Å². The third kappa shape index (κ3) is 4.33. The van der Waals surface area contributed by atoms with Crippen LogP contribution in [0.15, 0.2) is 34.1 Å². The van der Waals surface area contributed by atoms with E-state index in [2.05, 4.69) is 27.2 Å². The van der Waals surface area contributed by atoms with Crippen molar-refractivity contribution in [1.29, 1.82) is 0 Å². The topological polar surface area (TPSA) is 120 Å². The van der Waals surface area contributed by atoms with E-state index in [1.54, 1.807) is 12.3 Å². The van der Waals surface area contributed by atoms with Gasteiger partial charge in [-0.2, -0.15) is 0 Å². The van der Waals surface area contributed by atoms with Crippen molar-refractivity contribution in [2.24, 2.45) is 0 Å². The molecule has 0 aliphatic carbocycles. The van der Waals surface area contributed by atoms with E-state index < -0.39 is 5.69 Å². The van der Waals surface area contributed by atoms with Crippen molar-refractivity contribution in [2.45, 2.75) is 0 Å². The second-order valence-electron chi connectivity index (χ2n) is 2.63. The van der Waals surface area contributed by atoms with E-state index in [4.69, 9.17) is 5.73 Å². The number of anilines is 1. The fourth-order valence-electron chi connectivity index (χ4n) is 0.765. The maximum Gasteiger partial charge on any atom is 0.325 e. The Labute approximate surface area is 94.4 Å². The summed E-state index contributed by atoms with van der Waals surface area (Å²) < 4.78 is 0.421. The summed E-state index contributed by atoms with van der Waals surface area (Å²) in [5.74, 6) is 0.546. The molecule has 7 nitrogen and oxygen atoms in total. The number of hydrogen-bond donors (Lipinski definition) is 4. The van der Waals surface area contributed by atoms with Gasteiger partial charge in [-0.3, -0.25) is 9.78 Å². The Balaban J connectivity index is 0.000000160. The molecule has 16 heavy (non-hydrogen) atoms. The van der Waals surface area contributed by atoms with E-state index in [1.807, 2.05) is 4.98 Å². The Hall–Kier alpha value is -2.22. The first-order valence-corrected chi connectivity index (χ1v) is 4.57. The third-order valence-electron chi connectivity index (χ3n) is 1.38. The number of aromatic amines is 3. The number of nitrogens with zero attached hydrogens (tertiary/aromatic N) is 1. The van der Waals surface area contributed by atoms with Gasteiger partial charge in [0.15, 0.2) is 4.77 Å². The predicted molar refractivity (Wildman–Crippen MR) is 61.5 cm³/mol. The van der Waals surface area contributed by atoms with E-state index in [-0.39, 0.29) is 5.56 Å². The lowest BCUT2D eigenvalue weighted by atomic mass is 10.6. The van der Waals surface area contributed by atoms with E-state index >= 15 is 0 Å². The summed E-state index contributed by atoms with van der Waals surface area (Å²) in [4.78, 5) is 31.0. The molecular weight excluding hydrogens is 230 g/mol. The lowest BCUT2D eigenvalue weighted by molar-refractivity contribution is 1.04. The molecule has 0 aliphatic heterocycles. The number of aromatic nitrogens is 4. The summed E-state index contributed by atoms with van der Waals surface area (Å²) in [7, 11) is 0. The number of rotatable bonds is 0. The summed E-state index contributed by atoms with van der Waals surface area (Å²) in [6.07, 6.45) is 2.86. The number of nitrogens with one attached hydrogen (secondary N) is 3. The molecule has 2 aromatic heterocycles. The molecule has 84 valence electrons. The summed E-state index contributed by atoms with van der Waals surface area (Å²) in [6.45, 7) is 0. The molecule has 2 rings (SSSR count). The molecule has 8 heteroatoms. The van der Waals surface area contributed by atoms with Crippen LogP contribution in [0.2, 0.25) is 0 Å². The monoisotopic (exact) mass is 239 g/mol. The van der Waals surface area contributed by atoms with Crippen LogP contribution in [0.5, 0.6) is 0 Å². The zero-order valence-corrected chi connectivity index (χ0v) is 8.88. The maximum atomic E-state index is 10.2. The Kier molecular flexibility index (Phi) is 4.16. The first kappa shape index (κ1) is 11.9. The minimum Gasteiger partial charge on any atom is -0.385 e. The lowest BCUT2D eigenvalue weighted by Gasteiger charge is -1.86. The molecule has 0 aromatic carbocycles. The Morgan fingerprint density at radius 2 is 2.00 bits per heavy atom. The second-order valence-corrected chi connectivity index (χ2v) is 3.01. The molecule has 0 fully saturated rings. The van der Waals surface area contributed by atoms with Crippen LogP contribution in [-0.4, -0.2) is 19.9 Å². The average Bonchev–Trinajstić information content (AvgIpc) is 2.17. The molecule has 0 aliphatic rings. The maximum absolute atomic E-state index is 10.2. The smallest absolute Gasteiger partial charge is 0.325 e. The minimum absolute atomic E-state index is 0.381. The van der Waals surface area contributed by atoms with Crippen molar-refractivity contribution < 1.29 is 0 Å². The highest BCUT2D eigenvalue weighted by molar-refractivity contribution is 7.71. The molecule has 0 radical (unpaired) electrons. The summed E-state index contributed by atoms with van der Waals surface area (Å²) in [6, 6.07) is 2.89. The summed E-state index contributed by atoms with van der Waals surface area (Å²) in [5, 5.41) is 0. The summed E-state index contributed by atoms with van der Waals surface area (Å²) >= 11 is 4.65. The molecule has 2 heterocycles. The van der Waals surface area contributed by atoms with Crippen LogP contribution in [0, 0.1) is 4.77 Å². The van der Waals surface area contributed by atoms with Gasteiger partial charge in [0, 0.05) is 18.5 Å². The minimum atomic E-state index is -0.475.